The molecule has 0 aromatic heterocycles. The first-order valence-electron chi connectivity index (χ1n) is 9.70. The lowest BCUT2D eigenvalue weighted by molar-refractivity contribution is -0.121. The second-order valence-corrected chi connectivity index (χ2v) is 6.82. The lowest BCUT2D eigenvalue weighted by atomic mass is 10.1. The van der Waals surface area contributed by atoms with Crippen LogP contribution in [0.2, 0.25) is 0 Å². The molecule has 0 saturated carbocycles. The molecular weight excluding hydrogens is 354 g/mol. The molecule has 1 aliphatic heterocycles. The molecule has 0 radical (unpaired) electrons. The van der Waals surface area contributed by atoms with Gasteiger partial charge in [0, 0.05) is 37.4 Å². The van der Waals surface area contributed by atoms with E-state index in [0.717, 1.165) is 35.7 Å². The number of amides is 2. The van der Waals surface area contributed by atoms with Crippen molar-refractivity contribution >= 4 is 28.9 Å². The fraction of sp³-hybridized carbons (Fsp3) is 0.364. The van der Waals surface area contributed by atoms with Crippen LogP contribution in [0, 0.1) is 6.92 Å². The second-order valence-electron chi connectivity index (χ2n) is 6.82. The Kier molecular flexibility index (Phi) is 6.19. The van der Waals surface area contributed by atoms with Gasteiger partial charge in [0.1, 0.15) is 5.75 Å². The van der Waals surface area contributed by atoms with E-state index >= 15 is 0 Å². The van der Waals surface area contributed by atoms with E-state index in [9.17, 15) is 9.59 Å². The smallest absolute Gasteiger partial charge is 0.265 e. The number of anilines is 3. The first kappa shape index (κ1) is 19.7. The van der Waals surface area contributed by atoms with Gasteiger partial charge in [-0.1, -0.05) is 6.07 Å². The van der Waals surface area contributed by atoms with E-state index in [2.05, 4.69) is 24.1 Å². The summed E-state index contributed by atoms with van der Waals surface area (Å²) in [4.78, 5) is 28.5. The minimum Gasteiger partial charge on any atom is -0.482 e. The van der Waals surface area contributed by atoms with Gasteiger partial charge >= 0.3 is 0 Å². The standard InChI is InChI=1S/C22H27N3O3/c1-4-24(5-2)18-9-7-17(8-10-18)23-21(26)12-13-25-19-14-16(3)6-11-20(19)28-15-22(25)27/h6-11,14H,4-5,12-13,15H2,1-3H3,(H,23,26). The Morgan fingerprint density at radius 2 is 1.86 bits per heavy atom. The molecule has 6 heteroatoms. The zero-order chi connectivity index (χ0) is 20.1. The van der Waals surface area contributed by atoms with Crippen LogP contribution in [0.1, 0.15) is 25.8 Å². The molecule has 1 N–H and O–H groups in total. The molecule has 2 amide bonds. The number of aryl methyl sites for hydroxylation is 1. The number of ether oxygens (including phenoxy) is 1. The number of carbonyl (C=O) groups excluding carboxylic acids is 2. The predicted molar refractivity (Wildman–Crippen MR) is 112 cm³/mol. The van der Waals surface area contributed by atoms with Crippen molar-refractivity contribution in [2.45, 2.75) is 27.2 Å². The van der Waals surface area contributed by atoms with Crippen molar-refractivity contribution in [3.05, 3.63) is 48.0 Å². The highest BCUT2D eigenvalue weighted by atomic mass is 16.5. The topological polar surface area (TPSA) is 61.9 Å². The molecule has 6 nitrogen and oxygen atoms in total. The summed E-state index contributed by atoms with van der Waals surface area (Å²) in [5.41, 5.74) is 3.66. The van der Waals surface area contributed by atoms with Gasteiger partial charge < -0.3 is 19.9 Å². The van der Waals surface area contributed by atoms with E-state index in [-0.39, 0.29) is 24.8 Å². The van der Waals surface area contributed by atoms with E-state index in [1.54, 1.807) is 4.90 Å². The van der Waals surface area contributed by atoms with E-state index in [1.165, 1.54) is 0 Å². The van der Waals surface area contributed by atoms with Crippen molar-refractivity contribution in [3.63, 3.8) is 0 Å². The van der Waals surface area contributed by atoms with Gasteiger partial charge in [-0.15, -0.1) is 0 Å². The molecule has 3 rings (SSSR count). The van der Waals surface area contributed by atoms with Crippen LogP contribution in [0.3, 0.4) is 0 Å². The van der Waals surface area contributed by atoms with Gasteiger partial charge in [-0.3, -0.25) is 9.59 Å². The number of fused-ring (bicyclic) bond motifs is 1. The Labute approximate surface area is 166 Å². The molecule has 0 atom stereocenters. The van der Waals surface area contributed by atoms with E-state index in [1.807, 2.05) is 49.4 Å². The largest absolute Gasteiger partial charge is 0.482 e. The Bertz CT molecular complexity index is 845. The zero-order valence-electron chi connectivity index (χ0n) is 16.7. The number of hydrogen-bond acceptors (Lipinski definition) is 4. The minimum absolute atomic E-state index is 0.00446. The van der Waals surface area contributed by atoms with Crippen molar-refractivity contribution in [2.24, 2.45) is 0 Å². The summed E-state index contributed by atoms with van der Waals surface area (Å²) < 4.78 is 5.48. The molecule has 28 heavy (non-hydrogen) atoms. The highest BCUT2D eigenvalue weighted by Crippen LogP contribution is 2.32. The summed E-state index contributed by atoms with van der Waals surface area (Å²) in [6.45, 7) is 8.41. The molecule has 1 aliphatic rings. The van der Waals surface area contributed by atoms with Crippen molar-refractivity contribution in [2.75, 3.05) is 41.4 Å². The first-order chi connectivity index (χ1) is 13.5. The quantitative estimate of drug-likeness (QED) is 0.796. The average molecular weight is 381 g/mol. The van der Waals surface area contributed by atoms with Gasteiger partial charge in [-0.25, -0.2) is 0 Å². The number of carbonyl (C=O) groups is 2. The molecule has 0 saturated heterocycles. The third-order valence-corrected chi connectivity index (χ3v) is 4.90. The van der Waals surface area contributed by atoms with Crippen molar-refractivity contribution in [1.82, 2.24) is 0 Å². The second kappa shape index (κ2) is 8.78. The summed E-state index contributed by atoms with van der Waals surface area (Å²) in [6.07, 6.45) is 0.219. The average Bonchev–Trinajstić information content (AvgIpc) is 2.69. The molecule has 0 fully saturated rings. The highest BCUT2D eigenvalue weighted by molar-refractivity contribution is 5.99. The SMILES string of the molecule is CCN(CC)c1ccc(NC(=O)CCN2C(=O)COc3ccc(C)cc32)cc1. The Balaban J connectivity index is 1.60. The molecule has 0 unspecified atom stereocenters. The molecule has 2 aromatic carbocycles. The lowest BCUT2D eigenvalue weighted by Gasteiger charge is -2.29. The summed E-state index contributed by atoms with van der Waals surface area (Å²) in [7, 11) is 0. The van der Waals surface area contributed by atoms with E-state index in [0.29, 0.717) is 12.3 Å². The Hall–Kier alpha value is -3.02. The summed E-state index contributed by atoms with van der Waals surface area (Å²) in [5.74, 6) is 0.427. The molecule has 2 aromatic rings. The van der Waals surface area contributed by atoms with Crippen LogP contribution >= 0.6 is 0 Å². The molecule has 0 spiro atoms. The third kappa shape index (κ3) is 4.44. The maximum atomic E-state index is 12.4. The maximum absolute atomic E-state index is 12.4. The van der Waals surface area contributed by atoms with Crippen LogP contribution in [-0.4, -0.2) is 38.1 Å². The van der Waals surface area contributed by atoms with Crippen molar-refractivity contribution < 1.29 is 14.3 Å². The van der Waals surface area contributed by atoms with Gasteiger partial charge in [0.15, 0.2) is 6.61 Å². The van der Waals surface area contributed by atoms with Crippen LogP contribution in [0.4, 0.5) is 17.1 Å². The van der Waals surface area contributed by atoms with Gasteiger partial charge in [-0.05, 0) is 62.7 Å². The Morgan fingerprint density at radius 3 is 2.54 bits per heavy atom. The predicted octanol–water partition coefficient (Wildman–Crippen LogP) is 3.60. The van der Waals surface area contributed by atoms with Crippen molar-refractivity contribution in [1.29, 1.82) is 0 Å². The number of nitrogens with zero attached hydrogens (tertiary/aromatic N) is 2. The number of rotatable bonds is 7. The Morgan fingerprint density at radius 1 is 1.14 bits per heavy atom. The summed E-state index contributed by atoms with van der Waals surface area (Å²) >= 11 is 0. The molecule has 1 heterocycles. The van der Waals surface area contributed by atoms with Crippen LogP contribution in [-0.2, 0) is 9.59 Å². The number of hydrogen-bond donors (Lipinski definition) is 1. The molecule has 0 aliphatic carbocycles. The zero-order valence-corrected chi connectivity index (χ0v) is 16.7. The van der Waals surface area contributed by atoms with Gasteiger partial charge in [0.05, 0.1) is 5.69 Å². The van der Waals surface area contributed by atoms with Crippen LogP contribution in [0.25, 0.3) is 0 Å². The molecular formula is C22H27N3O3. The number of nitrogens with one attached hydrogen (secondary N) is 1. The fourth-order valence-electron chi connectivity index (χ4n) is 3.34. The molecule has 148 valence electrons. The minimum atomic E-state index is -0.130. The van der Waals surface area contributed by atoms with Crippen LogP contribution in [0.5, 0.6) is 5.75 Å². The van der Waals surface area contributed by atoms with Gasteiger partial charge in [0.2, 0.25) is 5.91 Å². The normalized spacial score (nSPS) is 13.0. The van der Waals surface area contributed by atoms with Crippen LogP contribution in [0.15, 0.2) is 42.5 Å². The lowest BCUT2D eigenvalue weighted by Crippen LogP contribution is -2.40. The highest BCUT2D eigenvalue weighted by Gasteiger charge is 2.25. The van der Waals surface area contributed by atoms with E-state index < -0.39 is 0 Å². The van der Waals surface area contributed by atoms with Crippen LogP contribution < -0.4 is 19.9 Å². The fourth-order valence-corrected chi connectivity index (χ4v) is 3.34. The number of benzene rings is 2. The van der Waals surface area contributed by atoms with E-state index in [4.69, 9.17) is 4.74 Å². The third-order valence-electron chi connectivity index (χ3n) is 4.90. The summed E-state index contributed by atoms with van der Waals surface area (Å²) in [6, 6.07) is 13.5. The monoisotopic (exact) mass is 381 g/mol. The maximum Gasteiger partial charge on any atom is 0.265 e. The van der Waals surface area contributed by atoms with Crippen molar-refractivity contribution in [3.8, 4) is 5.75 Å². The molecule has 0 bridgehead atoms. The first-order valence-corrected chi connectivity index (χ1v) is 9.70. The summed E-state index contributed by atoms with van der Waals surface area (Å²) in [5, 5.41) is 2.91. The van der Waals surface area contributed by atoms with Gasteiger partial charge in [-0.2, -0.15) is 0 Å². The van der Waals surface area contributed by atoms with Gasteiger partial charge in [0.25, 0.3) is 5.91 Å².